The molecular formula is C28H34FN3O3. The molecule has 1 amide bonds. The van der Waals surface area contributed by atoms with Gasteiger partial charge in [-0.15, -0.1) is 0 Å². The molecule has 35 heavy (non-hydrogen) atoms. The molecule has 1 saturated carbocycles. The number of imidazole rings is 1. The molecule has 0 saturated heterocycles. The highest BCUT2D eigenvalue weighted by Gasteiger charge is 2.29. The minimum Gasteiger partial charge on any atom is -0.496 e. The van der Waals surface area contributed by atoms with Crippen LogP contribution in [0.5, 0.6) is 5.75 Å². The minimum atomic E-state index is -0.300. The maximum Gasteiger partial charge on any atom is 0.409 e. The standard InChI is InChI=1S/C28H34FN3O3/c1-18(22-15-21(29)10-12-25(22)34-2)16-32-24-11-9-19-13-14-31(28(33)35-3)17-23(19)26(24)30-27(32)20-7-5-4-6-8-20/h9-12,15,18,20H,4-8,13-14,16-17H2,1-3H3. The van der Waals surface area contributed by atoms with Gasteiger partial charge in [0.2, 0.25) is 0 Å². The summed E-state index contributed by atoms with van der Waals surface area (Å²) in [4.78, 5) is 19.3. The Balaban J connectivity index is 1.59. The van der Waals surface area contributed by atoms with Gasteiger partial charge in [-0.2, -0.15) is 0 Å². The van der Waals surface area contributed by atoms with Crippen LogP contribution in [0.4, 0.5) is 9.18 Å². The predicted octanol–water partition coefficient (Wildman–Crippen LogP) is 6.16. The Morgan fingerprint density at radius 2 is 1.97 bits per heavy atom. The summed E-state index contributed by atoms with van der Waals surface area (Å²) in [6.45, 7) is 3.96. The first-order valence-corrected chi connectivity index (χ1v) is 12.7. The average Bonchev–Trinajstić information content (AvgIpc) is 3.27. The van der Waals surface area contributed by atoms with Gasteiger partial charge in [-0.3, -0.25) is 0 Å². The number of carbonyl (C=O) groups is 1. The number of aromatic nitrogens is 2. The van der Waals surface area contributed by atoms with E-state index in [1.165, 1.54) is 38.0 Å². The molecule has 6 nitrogen and oxygen atoms in total. The Morgan fingerprint density at radius 1 is 1.17 bits per heavy atom. The largest absolute Gasteiger partial charge is 0.496 e. The first-order chi connectivity index (χ1) is 17.0. The molecule has 3 aromatic rings. The molecule has 2 heterocycles. The molecule has 186 valence electrons. The van der Waals surface area contributed by atoms with Gasteiger partial charge >= 0.3 is 6.09 Å². The third-order valence-electron chi connectivity index (χ3n) is 7.73. The van der Waals surface area contributed by atoms with Crippen LogP contribution in [0.25, 0.3) is 11.0 Å². The topological polar surface area (TPSA) is 56.6 Å². The summed E-state index contributed by atoms with van der Waals surface area (Å²) in [5, 5.41) is 0. The summed E-state index contributed by atoms with van der Waals surface area (Å²) in [6, 6.07) is 9.08. The van der Waals surface area contributed by atoms with Gasteiger partial charge in [-0.1, -0.05) is 32.3 Å². The Labute approximate surface area is 206 Å². The van der Waals surface area contributed by atoms with Gasteiger partial charge in [0, 0.05) is 36.1 Å². The summed E-state index contributed by atoms with van der Waals surface area (Å²) >= 11 is 0. The Hall–Kier alpha value is -3.09. The van der Waals surface area contributed by atoms with E-state index < -0.39 is 0 Å². The summed E-state index contributed by atoms with van der Waals surface area (Å²) in [5.74, 6) is 2.00. The highest BCUT2D eigenvalue weighted by molar-refractivity contribution is 5.82. The molecule has 7 heteroatoms. The van der Waals surface area contributed by atoms with Crippen LogP contribution in [-0.2, 0) is 24.2 Å². The predicted molar refractivity (Wildman–Crippen MR) is 133 cm³/mol. The van der Waals surface area contributed by atoms with Crippen LogP contribution in [0.15, 0.2) is 30.3 Å². The third-order valence-corrected chi connectivity index (χ3v) is 7.73. The van der Waals surface area contributed by atoms with E-state index in [0.29, 0.717) is 31.3 Å². The van der Waals surface area contributed by atoms with E-state index in [1.807, 2.05) is 0 Å². The van der Waals surface area contributed by atoms with Crippen molar-refractivity contribution in [1.29, 1.82) is 0 Å². The summed E-state index contributed by atoms with van der Waals surface area (Å²) in [6.07, 6.45) is 6.48. The second-order valence-corrected chi connectivity index (χ2v) is 9.92. The van der Waals surface area contributed by atoms with E-state index in [0.717, 1.165) is 47.2 Å². The van der Waals surface area contributed by atoms with Gasteiger partial charge in [0.1, 0.15) is 17.4 Å². The molecular weight excluding hydrogens is 445 g/mol. The molecule has 0 N–H and O–H groups in total. The third kappa shape index (κ3) is 4.48. The SMILES string of the molecule is COC(=O)N1CCc2ccc3c(nc(C4CCCCC4)n3CC(C)c3cc(F)ccc3OC)c2C1. The molecule has 1 atom stereocenters. The Kier molecular flexibility index (Phi) is 6.67. The number of methoxy groups -OCH3 is 2. The maximum absolute atomic E-state index is 14.1. The average molecular weight is 480 g/mol. The van der Waals surface area contributed by atoms with Crippen LogP contribution in [0.3, 0.4) is 0 Å². The van der Waals surface area contributed by atoms with E-state index in [1.54, 1.807) is 24.1 Å². The normalized spacial score (nSPS) is 17.3. The molecule has 1 unspecified atom stereocenters. The molecule has 2 aliphatic rings. The number of carbonyl (C=O) groups excluding carboxylic acids is 1. The summed E-state index contributed by atoms with van der Waals surface area (Å²) in [5.41, 5.74) is 5.29. The second-order valence-electron chi connectivity index (χ2n) is 9.92. The first-order valence-electron chi connectivity index (χ1n) is 12.7. The number of fused-ring (bicyclic) bond motifs is 3. The molecule has 1 aliphatic heterocycles. The maximum atomic E-state index is 14.1. The smallest absolute Gasteiger partial charge is 0.409 e. The van der Waals surface area contributed by atoms with Gasteiger partial charge in [-0.25, -0.2) is 14.2 Å². The van der Waals surface area contributed by atoms with Crippen molar-refractivity contribution in [2.45, 2.75) is 70.4 Å². The molecule has 1 aromatic heterocycles. The van der Waals surface area contributed by atoms with Crippen LogP contribution in [0.1, 0.15) is 73.4 Å². The van der Waals surface area contributed by atoms with Crippen molar-refractivity contribution < 1.29 is 18.7 Å². The molecule has 1 fully saturated rings. The highest BCUT2D eigenvalue weighted by Crippen LogP contribution is 2.38. The summed E-state index contributed by atoms with van der Waals surface area (Å²) < 4.78 is 27.0. The lowest BCUT2D eigenvalue weighted by Crippen LogP contribution is -2.35. The fourth-order valence-corrected chi connectivity index (χ4v) is 5.85. The van der Waals surface area contributed by atoms with Gasteiger partial charge in [0.25, 0.3) is 0 Å². The van der Waals surface area contributed by atoms with Crippen molar-refractivity contribution in [3.05, 3.63) is 58.7 Å². The number of amides is 1. The van der Waals surface area contributed by atoms with E-state index >= 15 is 0 Å². The lowest BCUT2D eigenvalue weighted by molar-refractivity contribution is 0.119. The first kappa shape index (κ1) is 23.6. The van der Waals surface area contributed by atoms with E-state index in [4.69, 9.17) is 14.5 Å². The van der Waals surface area contributed by atoms with Crippen LogP contribution >= 0.6 is 0 Å². The van der Waals surface area contributed by atoms with Crippen LogP contribution in [0.2, 0.25) is 0 Å². The fraction of sp³-hybridized carbons (Fsp3) is 0.500. The monoisotopic (exact) mass is 479 g/mol. The molecule has 5 rings (SSSR count). The Bertz CT molecular complexity index is 1230. The van der Waals surface area contributed by atoms with Gasteiger partial charge in [-0.05, 0) is 49.1 Å². The van der Waals surface area contributed by atoms with Crippen molar-refractivity contribution in [3.63, 3.8) is 0 Å². The number of rotatable bonds is 5. The van der Waals surface area contributed by atoms with Crippen molar-refractivity contribution in [2.24, 2.45) is 0 Å². The quantitative estimate of drug-likeness (QED) is 0.440. The van der Waals surface area contributed by atoms with E-state index in [2.05, 4.69) is 23.6 Å². The number of nitrogens with zero attached hydrogens (tertiary/aromatic N) is 3. The van der Waals surface area contributed by atoms with Gasteiger partial charge in [0.05, 0.1) is 31.8 Å². The highest BCUT2D eigenvalue weighted by atomic mass is 19.1. The Morgan fingerprint density at radius 3 is 2.71 bits per heavy atom. The van der Waals surface area contributed by atoms with E-state index in [-0.39, 0.29) is 17.8 Å². The zero-order valence-electron chi connectivity index (χ0n) is 20.8. The molecule has 2 aromatic carbocycles. The zero-order chi connectivity index (χ0) is 24.5. The van der Waals surface area contributed by atoms with Crippen LogP contribution in [0, 0.1) is 5.82 Å². The van der Waals surface area contributed by atoms with Crippen molar-refractivity contribution >= 4 is 17.1 Å². The number of benzene rings is 2. The number of halogens is 1. The molecule has 1 aliphatic carbocycles. The van der Waals surface area contributed by atoms with Gasteiger partial charge in [0.15, 0.2) is 0 Å². The number of hydrogen-bond acceptors (Lipinski definition) is 4. The van der Waals surface area contributed by atoms with Crippen molar-refractivity contribution in [3.8, 4) is 5.75 Å². The van der Waals surface area contributed by atoms with Crippen molar-refractivity contribution in [1.82, 2.24) is 14.5 Å². The van der Waals surface area contributed by atoms with Crippen LogP contribution < -0.4 is 4.74 Å². The fourth-order valence-electron chi connectivity index (χ4n) is 5.85. The van der Waals surface area contributed by atoms with Crippen LogP contribution in [-0.4, -0.2) is 41.3 Å². The van der Waals surface area contributed by atoms with Crippen molar-refractivity contribution in [2.75, 3.05) is 20.8 Å². The lowest BCUT2D eigenvalue weighted by atomic mass is 9.88. The molecule has 0 bridgehead atoms. The molecule has 0 spiro atoms. The minimum absolute atomic E-state index is 0.0305. The molecule has 0 radical (unpaired) electrons. The number of ether oxygens (including phenoxy) is 2. The van der Waals surface area contributed by atoms with E-state index in [9.17, 15) is 9.18 Å². The lowest BCUT2D eigenvalue weighted by Gasteiger charge is -2.27. The zero-order valence-corrected chi connectivity index (χ0v) is 20.8. The summed E-state index contributed by atoms with van der Waals surface area (Å²) in [7, 11) is 3.05. The second kappa shape index (κ2) is 9.88. The van der Waals surface area contributed by atoms with Gasteiger partial charge < -0.3 is 18.9 Å². The number of hydrogen-bond donors (Lipinski definition) is 0.